The molecule has 2 amide bonds. The van der Waals surface area contributed by atoms with Crippen LogP contribution >= 0.6 is 11.6 Å². The molecule has 0 aliphatic heterocycles. The fourth-order valence-electron chi connectivity index (χ4n) is 5.18. The van der Waals surface area contributed by atoms with Gasteiger partial charge >= 0.3 is 6.55 Å². The number of aromatic nitrogens is 3. The number of halogens is 5. The van der Waals surface area contributed by atoms with E-state index in [1.807, 2.05) is 0 Å². The van der Waals surface area contributed by atoms with E-state index in [1.54, 1.807) is 6.92 Å². The molecule has 5 rings (SSSR count). The number of carbonyl (C=O) groups excluding carboxylic acids is 2. The number of ether oxygens (including phenoxy) is 2. The van der Waals surface area contributed by atoms with Crippen molar-refractivity contribution in [2.45, 2.75) is 38.3 Å². The minimum Gasteiger partial charge on any atom is -0.494 e. The summed E-state index contributed by atoms with van der Waals surface area (Å²) < 4.78 is 68.2. The lowest BCUT2D eigenvalue weighted by Crippen LogP contribution is -2.43. The maximum atomic E-state index is 15.3. The minimum atomic E-state index is -2.91. The normalized spacial score (nSPS) is 14.4. The Bertz CT molecular complexity index is 1800. The summed E-state index contributed by atoms with van der Waals surface area (Å²) in [6, 6.07) is 6.00. The number of hydrogen-bond donors (Lipinski definition) is 3. The van der Waals surface area contributed by atoms with Gasteiger partial charge in [0.1, 0.15) is 34.1 Å². The van der Waals surface area contributed by atoms with Crippen LogP contribution in [0.15, 0.2) is 36.5 Å². The zero-order valence-corrected chi connectivity index (χ0v) is 24.8. The zero-order valence-electron chi connectivity index (χ0n) is 24.0. The number of aliphatic hydroxyl groups is 1. The van der Waals surface area contributed by atoms with Crippen LogP contribution < -0.4 is 20.5 Å². The predicted octanol–water partition coefficient (Wildman–Crippen LogP) is 4.89. The second kappa shape index (κ2) is 12.5. The molecule has 1 aliphatic rings. The summed E-state index contributed by atoms with van der Waals surface area (Å²) in [4.78, 5) is 29.8. The highest BCUT2D eigenvalue weighted by Crippen LogP contribution is 2.47. The van der Waals surface area contributed by atoms with Gasteiger partial charge in [-0.15, -0.1) is 0 Å². The first-order chi connectivity index (χ1) is 21.4. The molecule has 0 bridgehead atoms. The Hall–Kier alpha value is -4.43. The first-order valence-electron chi connectivity index (χ1n) is 13.8. The smallest absolute Gasteiger partial charge is 0.333 e. The number of carbonyl (C=O) groups is 2. The molecule has 4 aromatic rings. The Kier molecular flexibility index (Phi) is 8.90. The fraction of sp³-hybridized carbons (Fsp3) is 0.333. The average molecular weight is 650 g/mol. The molecule has 10 nitrogen and oxygen atoms in total. The molecule has 2 aromatic heterocycles. The maximum absolute atomic E-state index is 15.3. The van der Waals surface area contributed by atoms with Crippen molar-refractivity contribution in [3.8, 4) is 22.8 Å². The van der Waals surface area contributed by atoms with Crippen molar-refractivity contribution in [2.75, 3.05) is 20.3 Å². The van der Waals surface area contributed by atoms with Crippen LogP contribution in [0.1, 0.15) is 47.9 Å². The number of methoxy groups -OCH3 is 1. The summed E-state index contributed by atoms with van der Waals surface area (Å²) in [5.41, 5.74) is 2.79. The first-order valence-corrected chi connectivity index (χ1v) is 14.2. The van der Waals surface area contributed by atoms with E-state index in [4.69, 9.17) is 26.8 Å². The van der Waals surface area contributed by atoms with Gasteiger partial charge in [0.05, 0.1) is 43.0 Å². The van der Waals surface area contributed by atoms with Crippen LogP contribution in [-0.4, -0.2) is 51.9 Å². The van der Waals surface area contributed by atoms with Gasteiger partial charge in [0.25, 0.3) is 5.91 Å². The third-order valence-corrected chi connectivity index (χ3v) is 7.76. The van der Waals surface area contributed by atoms with Gasteiger partial charge in [0, 0.05) is 22.7 Å². The number of rotatable bonds is 12. The Morgan fingerprint density at radius 2 is 1.98 bits per heavy atom. The number of primary amides is 1. The fourth-order valence-corrected chi connectivity index (χ4v) is 5.33. The van der Waals surface area contributed by atoms with E-state index in [0.717, 1.165) is 18.3 Å². The van der Waals surface area contributed by atoms with E-state index < -0.39 is 65.1 Å². The van der Waals surface area contributed by atoms with Crippen molar-refractivity contribution in [3.05, 3.63) is 70.0 Å². The highest BCUT2D eigenvalue weighted by atomic mass is 35.5. The lowest BCUT2D eigenvalue weighted by molar-refractivity contribution is -0.117. The SMILES string of the molecule is CCOc1c(CC(N)=O)cc([C@@](O)(CNC(=O)c2cc(OC)c3nn(C(F)F)cc3c2)C2CC2)nc1-c1c(F)ccc(Cl)c1F. The molecule has 0 spiro atoms. The standard InChI is InChI=1S/C30H28ClF4N5O5/c1-3-45-27-14(11-22(36)41)10-21(38-26(27)23-19(32)7-6-18(31)24(23)33)30(43,17-4-5-17)13-37-28(42)15-8-16-12-40(29(34)35)39-25(16)20(9-15)44-2/h6-10,12,17,29,43H,3-5,11,13H2,1-2H3,(H2,36,41)(H,37,42)/t30-/m1/s1. The van der Waals surface area contributed by atoms with Crippen LogP contribution in [0.2, 0.25) is 5.02 Å². The summed E-state index contributed by atoms with van der Waals surface area (Å²) in [7, 11) is 1.30. The van der Waals surface area contributed by atoms with E-state index in [-0.39, 0.29) is 51.5 Å². The third kappa shape index (κ3) is 6.25. The van der Waals surface area contributed by atoms with Gasteiger partial charge < -0.3 is 25.6 Å². The maximum Gasteiger partial charge on any atom is 0.333 e. The summed E-state index contributed by atoms with van der Waals surface area (Å²) in [6.45, 7) is -1.66. The van der Waals surface area contributed by atoms with Gasteiger partial charge in [-0.25, -0.2) is 18.4 Å². The number of benzene rings is 2. The molecule has 1 saturated carbocycles. The minimum absolute atomic E-state index is 0.0316. The van der Waals surface area contributed by atoms with E-state index in [0.29, 0.717) is 17.5 Å². The number of hydrogen-bond acceptors (Lipinski definition) is 7. The van der Waals surface area contributed by atoms with Crippen molar-refractivity contribution in [1.82, 2.24) is 20.1 Å². The van der Waals surface area contributed by atoms with Crippen LogP contribution in [0, 0.1) is 17.6 Å². The second-order valence-electron chi connectivity index (χ2n) is 10.5. The number of nitrogens with zero attached hydrogens (tertiary/aromatic N) is 3. The molecule has 238 valence electrons. The van der Waals surface area contributed by atoms with Crippen molar-refractivity contribution in [1.29, 1.82) is 0 Å². The average Bonchev–Trinajstić information content (AvgIpc) is 3.77. The molecule has 2 heterocycles. The lowest BCUT2D eigenvalue weighted by atomic mass is 9.90. The predicted molar refractivity (Wildman–Crippen MR) is 155 cm³/mol. The molecule has 1 aliphatic carbocycles. The summed E-state index contributed by atoms with van der Waals surface area (Å²) >= 11 is 5.96. The molecule has 0 unspecified atom stereocenters. The Morgan fingerprint density at radius 1 is 1.24 bits per heavy atom. The molecule has 1 fully saturated rings. The van der Waals surface area contributed by atoms with Crippen molar-refractivity contribution >= 4 is 34.3 Å². The largest absolute Gasteiger partial charge is 0.494 e. The molecular weight excluding hydrogens is 622 g/mol. The van der Waals surface area contributed by atoms with Gasteiger partial charge in [-0.1, -0.05) is 11.6 Å². The van der Waals surface area contributed by atoms with Crippen LogP contribution in [0.3, 0.4) is 0 Å². The highest BCUT2D eigenvalue weighted by Gasteiger charge is 2.47. The lowest BCUT2D eigenvalue weighted by Gasteiger charge is -2.30. The first kappa shape index (κ1) is 32.0. The van der Waals surface area contributed by atoms with E-state index in [2.05, 4.69) is 15.4 Å². The number of alkyl halides is 2. The Morgan fingerprint density at radius 3 is 2.60 bits per heavy atom. The highest BCUT2D eigenvalue weighted by molar-refractivity contribution is 6.31. The molecule has 0 radical (unpaired) electrons. The van der Waals surface area contributed by atoms with Gasteiger partial charge in [0.2, 0.25) is 5.91 Å². The summed E-state index contributed by atoms with van der Waals surface area (Å²) in [6.07, 6.45) is 1.73. The van der Waals surface area contributed by atoms with Crippen LogP contribution in [-0.2, 0) is 16.8 Å². The molecule has 0 saturated heterocycles. The van der Waals surface area contributed by atoms with E-state index in [1.165, 1.54) is 25.3 Å². The summed E-state index contributed by atoms with van der Waals surface area (Å²) in [5.74, 6) is -4.08. The number of nitrogens with one attached hydrogen (secondary N) is 1. The van der Waals surface area contributed by atoms with E-state index >= 15 is 8.78 Å². The monoisotopic (exact) mass is 649 g/mol. The van der Waals surface area contributed by atoms with Gasteiger partial charge in [-0.05, 0) is 56.0 Å². The van der Waals surface area contributed by atoms with Crippen molar-refractivity contribution in [2.24, 2.45) is 11.7 Å². The van der Waals surface area contributed by atoms with Gasteiger partial charge in [-0.2, -0.15) is 13.9 Å². The van der Waals surface area contributed by atoms with Crippen LogP contribution in [0.25, 0.3) is 22.2 Å². The second-order valence-corrected chi connectivity index (χ2v) is 10.9. The number of nitrogens with two attached hydrogens (primary N) is 1. The van der Waals surface area contributed by atoms with Gasteiger partial charge in [0.15, 0.2) is 5.82 Å². The van der Waals surface area contributed by atoms with Crippen LogP contribution in [0.4, 0.5) is 17.6 Å². The summed E-state index contributed by atoms with van der Waals surface area (Å²) in [5, 5.41) is 18.3. The molecule has 15 heteroatoms. The van der Waals surface area contributed by atoms with Crippen molar-refractivity contribution < 1.29 is 41.7 Å². The molecular formula is C30H28ClF4N5O5. The Balaban J connectivity index is 1.57. The molecule has 1 atom stereocenters. The molecule has 4 N–H and O–H groups in total. The third-order valence-electron chi connectivity index (χ3n) is 7.47. The zero-order chi connectivity index (χ0) is 32.6. The molecule has 45 heavy (non-hydrogen) atoms. The topological polar surface area (TPSA) is 142 Å². The molecule has 2 aromatic carbocycles. The number of pyridine rings is 1. The number of fused-ring (bicyclic) bond motifs is 1. The van der Waals surface area contributed by atoms with Crippen molar-refractivity contribution in [3.63, 3.8) is 0 Å². The van der Waals surface area contributed by atoms with Gasteiger partial charge in [-0.3, -0.25) is 9.59 Å². The van der Waals surface area contributed by atoms with E-state index in [9.17, 15) is 23.5 Å². The number of amides is 2. The quantitative estimate of drug-likeness (QED) is 0.147. The Labute approximate surface area is 259 Å². The van der Waals surface area contributed by atoms with Crippen LogP contribution in [0.5, 0.6) is 11.5 Å².